The summed E-state index contributed by atoms with van der Waals surface area (Å²) in [6.07, 6.45) is 0. The van der Waals surface area contributed by atoms with E-state index in [1.165, 1.54) is 6.07 Å². The van der Waals surface area contributed by atoms with Crippen LogP contribution < -0.4 is 4.74 Å². The SMILES string of the molecule is Oc1c(OCc2ccccc2)ccc(F)c1F. The Morgan fingerprint density at radius 2 is 1.71 bits per heavy atom. The van der Waals surface area contributed by atoms with Crippen molar-refractivity contribution in [2.75, 3.05) is 0 Å². The summed E-state index contributed by atoms with van der Waals surface area (Å²) in [6.45, 7) is 0.180. The van der Waals surface area contributed by atoms with Gasteiger partial charge in [-0.3, -0.25) is 0 Å². The van der Waals surface area contributed by atoms with Crippen LogP contribution in [0.2, 0.25) is 0 Å². The number of benzene rings is 2. The van der Waals surface area contributed by atoms with Crippen molar-refractivity contribution in [1.82, 2.24) is 0 Å². The number of rotatable bonds is 3. The minimum Gasteiger partial charge on any atom is -0.502 e. The van der Waals surface area contributed by atoms with E-state index in [2.05, 4.69) is 0 Å². The second-order valence-electron chi connectivity index (χ2n) is 3.48. The first-order valence-electron chi connectivity index (χ1n) is 5.02. The van der Waals surface area contributed by atoms with Crippen LogP contribution in [0.25, 0.3) is 0 Å². The molecule has 0 amide bonds. The van der Waals surface area contributed by atoms with E-state index >= 15 is 0 Å². The summed E-state index contributed by atoms with van der Waals surface area (Å²) in [7, 11) is 0. The van der Waals surface area contributed by atoms with Crippen LogP contribution >= 0.6 is 0 Å². The third-order valence-electron chi connectivity index (χ3n) is 2.27. The standard InChI is InChI=1S/C13H10F2O2/c14-10-6-7-11(13(16)12(10)15)17-8-9-4-2-1-3-5-9/h1-7,16H,8H2. The second kappa shape index (κ2) is 4.82. The summed E-state index contributed by atoms with van der Waals surface area (Å²) in [6, 6.07) is 11.3. The van der Waals surface area contributed by atoms with E-state index in [1.54, 1.807) is 0 Å². The molecular formula is C13H10F2O2. The molecule has 0 aromatic heterocycles. The van der Waals surface area contributed by atoms with Crippen molar-refractivity contribution in [3.05, 3.63) is 59.7 Å². The van der Waals surface area contributed by atoms with E-state index in [0.717, 1.165) is 11.6 Å². The van der Waals surface area contributed by atoms with Crippen molar-refractivity contribution in [2.45, 2.75) is 6.61 Å². The van der Waals surface area contributed by atoms with Gasteiger partial charge in [-0.15, -0.1) is 0 Å². The highest BCUT2D eigenvalue weighted by molar-refractivity contribution is 5.40. The van der Waals surface area contributed by atoms with Crippen LogP contribution in [-0.2, 0) is 6.61 Å². The molecular weight excluding hydrogens is 226 g/mol. The molecule has 2 aromatic rings. The summed E-state index contributed by atoms with van der Waals surface area (Å²) in [5.74, 6) is -3.28. The largest absolute Gasteiger partial charge is 0.502 e. The van der Waals surface area contributed by atoms with E-state index in [0.29, 0.717) is 0 Å². The number of hydrogen-bond acceptors (Lipinski definition) is 2. The Bertz CT molecular complexity index is 512. The summed E-state index contributed by atoms with van der Waals surface area (Å²) in [4.78, 5) is 0. The Morgan fingerprint density at radius 3 is 2.41 bits per heavy atom. The van der Waals surface area contributed by atoms with Crippen molar-refractivity contribution in [3.63, 3.8) is 0 Å². The molecule has 0 fully saturated rings. The van der Waals surface area contributed by atoms with Crippen LogP contribution in [0.1, 0.15) is 5.56 Å². The molecule has 2 nitrogen and oxygen atoms in total. The zero-order valence-electron chi connectivity index (χ0n) is 8.86. The van der Waals surface area contributed by atoms with Gasteiger partial charge in [0.1, 0.15) is 6.61 Å². The summed E-state index contributed by atoms with van der Waals surface area (Å²) < 4.78 is 30.9. The van der Waals surface area contributed by atoms with Crippen molar-refractivity contribution < 1.29 is 18.6 Å². The average molecular weight is 236 g/mol. The third-order valence-corrected chi connectivity index (χ3v) is 2.27. The Labute approximate surface area is 97.1 Å². The van der Waals surface area contributed by atoms with Crippen molar-refractivity contribution in [3.8, 4) is 11.5 Å². The lowest BCUT2D eigenvalue weighted by molar-refractivity contribution is 0.280. The maximum absolute atomic E-state index is 13.0. The lowest BCUT2D eigenvalue weighted by atomic mass is 10.2. The quantitative estimate of drug-likeness (QED) is 0.886. The molecule has 2 rings (SSSR count). The van der Waals surface area contributed by atoms with E-state index in [9.17, 15) is 13.9 Å². The fraction of sp³-hybridized carbons (Fsp3) is 0.0769. The van der Waals surface area contributed by atoms with Crippen LogP contribution in [0.5, 0.6) is 11.5 Å². The third kappa shape index (κ3) is 2.53. The van der Waals surface area contributed by atoms with Crippen LogP contribution in [-0.4, -0.2) is 5.11 Å². The first-order chi connectivity index (χ1) is 8.18. The normalized spacial score (nSPS) is 10.2. The van der Waals surface area contributed by atoms with Gasteiger partial charge in [-0.2, -0.15) is 4.39 Å². The maximum atomic E-state index is 13.0. The Hall–Kier alpha value is -2.10. The lowest BCUT2D eigenvalue weighted by Crippen LogP contribution is -1.97. The molecule has 0 aliphatic rings. The fourth-order valence-corrected chi connectivity index (χ4v) is 1.37. The van der Waals surface area contributed by atoms with Gasteiger partial charge >= 0.3 is 0 Å². The number of halogens is 2. The number of aromatic hydroxyl groups is 1. The highest BCUT2D eigenvalue weighted by atomic mass is 19.2. The predicted octanol–water partition coefficient (Wildman–Crippen LogP) is 3.25. The van der Waals surface area contributed by atoms with Crippen LogP contribution in [0.15, 0.2) is 42.5 Å². The van der Waals surface area contributed by atoms with Crippen LogP contribution in [0, 0.1) is 11.6 Å². The molecule has 4 heteroatoms. The molecule has 0 saturated carbocycles. The molecule has 0 bridgehead atoms. The number of phenols is 1. The van der Waals surface area contributed by atoms with Gasteiger partial charge in [-0.1, -0.05) is 30.3 Å². The Balaban J connectivity index is 2.13. The first-order valence-corrected chi connectivity index (χ1v) is 5.02. The Kier molecular flexibility index (Phi) is 3.23. The summed E-state index contributed by atoms with van der Waals surface area (Å²) in [5, 5.41) is 9.32. The van der Waals surface area contributed by atoms with E-state index in [1.807, 2.05) is 30.3 Å². The molecule has 2 aromatic carbocycles. The molecule has 0 saturated heterocycles. The topological polar surface area (TPSA) is 29.5 Å². The molecule has 88 valence electrons. The summed E-state index contributed by atoms with van der Waals surface area (Å²) in [5.41, 5.74) is 0.872. The fourth-order valence-electron chi connectivity index (χ4n) is 1.37. The highest BCUT2D eigenvalue weighted by Crippen LogP contribution is 2.30. The molecule has 0 atom stereocenters. The first kappa shape index (κ1) is 11.4. The number of hydrogen-bond donors (Lipinski definition) is 1. The van der Waals surface area contributed by atoms with Crippen LogP contribution in [0.3, 0.4) is 0 Å². The monoisotopic (exact) mass is 236 g/mol. The van der Waals surface area contributed by atoms with Gasteiger partial charge in [0.15, 0.2) is 17.3 Å². The van der Waals surface area contributed by atoms with Crippen molar-refractivity contribution >= 4 is 0 Å². The molecule has 0 unspecified atom stereocenters. The molecule has 0 aliphatic carbocycles. The zero-order chi connectivity index (χ0) is 12.3. The van der Waals surface area contributed by atoms with Gasteiger partial charge in [0.25, 0.3) is 0 Å². The highest BCUT2D eigenvalue weighted by Gasteiger charge is 2.13. The lowest BCUT2D eigenvalue weighted by Gasteiger charge is -2.08. The van der Waals surface area contributed by atoms with Crippen molar-refractivity contribution in [2.24, 2.45) is 0 Å². The zero-order valence-corrected chi connectivity index (χ0v) is 8.86. The Morgan fingerprint density at radius 1 is 1.00 bits per heavy atom. The molecule has 0 heterocycles. The van der Waals surface area contributed by atoms with E-state index in [4.69, 9.17) is 4.74 Å². The molecule has 17 heavy (non-hydrogen) atoms. The van der Waals surface area contributed by atoms with Gasteiger partial charge < -0.3 is 9.84 Å². The van der Waals surface area contributed by atoms with Gasteiger partial charge in [-0.25, -0.2) is 4.39 Å². The molecule has 1 N–H and O–H groups in total. The number of phenolic OH excluding ortho intramolecular Hbond substituents is 1. The number of ether oxygens (including phenoxy) is 1. The smallest absolute Gasteiger partial charge is 0.204 e. The van der Waals surface area contributed by atoms with E-state index in [-0.39, 0.29) is 12.4 Å². The predicted molar refractivity (Wildman–Crippen MR) is 58.8 cm³/mol. The molecule has 0 aliphatic heterocycles. The summed E-state index contributed by atoms with van der Waals surface area (Å²) >= 11 is 0. The van der Waals surface area contributed by atoms with Crippen molar-refractivity contribution in [1.29, 1.82) is 0 Å². The average Bonchev–Trinajstić information content (AvgIpc) is 2.36. The van der Waals surface area contributed by atoms with Gasteiger partial charge in [0, 0.05) is 0 Å². The minimum atomic E-state index is -1.30. The van der Waals surface area contributed by atoms with Gasteiger partial charge in [0.05, 0.1) is 0 Å². The van der Waals surface area contributed by atoms with E-state index < -0.39 is 17.4 Å². The van der Waals surface area contributed by atoms with Gasteiger partial charge in [-0.05, 0) is 17.7 Å². The maximum Gasteiger partial charge on any atom is 0.204 e. The molecule has 0 radical (unpaired) electrons. The van der Waals surface area contributed by atoms with Gasteiger partial charge in [0.2, 0.25) is 5.82 Å². The molecule has 0 spiro atoms. The van der Waals surface area contributed by atoms with Crippen LogP contribution in [0.4, 0.5) is 8.78 Å². The second-order valence-corrected chi connectivity index (χ2v) is 3.48. The minimum absolute atomic E-state index is 0.0762.